The van der Waals surface area contributed by atoms with Gasteiger partial charge in [0, 0.05) is 18.1 Å². The minimum atomic E-state index is -0.599. The van der Waals surface area contributed by atoms with Crippen molar-refractivity contribution in [3.8, 4) is 23.1 Å². The summed E-state index contributed by atoms with van der Waals surface area (Å²) in [4.78, 5) is 21.6. The number of hydrogen-bond acceptors (Lipinski definition) is 5. The molecule has 0 aliphatic carbocycles. The van der Waals surface area contributed by atoms with Crippen LogP contribution in [0.15, 0.2) is 117 Å². The van der Waals surface area contributed by atoms with Gasteiger partial charge in [0.05, 0.1) is 23.1 Å². The molecule has 7 nitrogen and oxygen atoms in total. The van der Waals surface area contributed by atoms with Crippen LogP contribution in [0.2, 0.25) is 0 Å². The standard InChI is InChI=1S/C24H30N3O2.C10H8N2.Ni/c1-15(2)14-20(16(3)4)21(17(5)6)22(18(7)8)27-24(29)26(23(28)25-27)19-12-10-9-11-13-19;1-3-7-11-9(5-1)10-6-2-4-8-12-10;/h9-13H,1-8H3,(H,25,28);1-8H;/q-1;;+2/p-1. The van der Waals surface area contributed by atoms with E-state index >= 15 is 0 Å². The van der Waals surface area contributed by atoms with E-state index in [0.29, 0.717) is 11.4 Å². The molecule has 0 N–H and O–H groups in total. The van der Waals surface area contributed by atoms with Crippen LogP contribution in [0.5, 0.6) is 6.01 Å². The largest absolute Gasteiger partial charge is 2.00 e. The van der Waals surface area contributed by atoms with Gasteiger partial charge in [-0.3, -0.25) is 14.5 Å². The normalized spacial score (nSPS) is 9.90. The average molecular weight is 606 g/mol. The Balaban J connectivity index is 0.000000393. The van der Waals surface area contributed by atoms with E-state index in [-0.39, 0.29) is 16.5 Å². The molecule has 1 aromatic carbocycles. The molecular weight excluding hydrogens is 569 g/mol. The van der Waals surface area contributed by atoms with Crippen LogP contribution in [0, 0.1) is 6.08 Å². The number of allylic oxidation sites excluding steroid dienone is 8. The summed E-state index contributed by atoms with van der Waals surface area (Å²) in [5.41, 5.74) is 8.23. The van der Waals surface area contributed by atoms with Crippen molar-refractivity contribution in [1.29, 1.82) is 0 Å². The van der Waals surface area contributed by atoms with E-state index in [9.17, 15) is 9.90 Å². The summed E-state index contributed by atoms with van der Waals surface area (Å²) >= 11 is 0. The van der Waals surface area contributed by atoms with Crippen molar-refractivity contribution in [3.05, 3.63) is 129 Å². The molecule has 0 bridgehead atoms. The van der Waals surface area contributed by atoms with Crippen LogP contribution in [0.1, 0.15) is 55.4 Å². The van der Waals surface area contributed by atoms with Crippen molar-refractivity contribution >= 4 is 5.70 Å². The fourth-order valence-corrected chi connectivity index (χ4v) is 4.18. The quantitative estimate of drug-likeness (QED) is 0.135. The van der Waals surface area contributed by atoms with E-state index in [1.807, 2.05) is 97.9 Å². The van der Waals surface area contributed by atoms with Crippen LogP contribution in [0.4, 0.5) is 0 Å². The van der Waals surface area contributed by atoms with Gasteiger partial charge in [0.2, 0.25) is 0 Å². The van der Waals surface area contributed by atoms with E-state index in [2.05, 4.69) is 21.1 Å². The first-order valence-electron chi connectivity index (χ1n) is 13.4. The van der Waals surface area contributed by atoms with Crippen molar-refractivity contribution in [2.24, 2.45) is 0 Å². The molecule has 220 valence electrons. The topological polar surface area (TPSA) is 88.7 Å². The van der Waals surface area contributed by atoms with Crippen LogP contribution in [-0.4, -0.2) is 24.3 Å². The second kappa shape index (κ2) is 15.6. The van der Waals surface area contributed by atoms with Gasteiger partial charge in [-0.25, -0.2) is 4.79 Å². The van der Waals surface area contributed by atoms with Crippen molar-refractivity contribution in [1.82, 2.24) is 24.3 Å². The van der Waals surface area contributed by atoms with Crippen molar-refractivity contribution in [2.75, 3.05) is 0 Å². The molecule has 0 fully saturated rings. The van der Waals surface area contributed by atoms with Crippen LogP contribution in [0.3, 0.4) is 0 Å². The molecule has 3 aromatic heterocycles. The van der Waals surface area contributed by atoms with Crippen molar-refractivity contribution < 1.29 is 21.6 Å². The Hall–Kier alpha value is -4.29. The van der Waals surface area contributed by atoms with Crippen molar-refractivity contribution in [2.45, 2.75) is 55.4 Å². The molecule has 0 saturated carbocycles. The molecule has 42 heavy (non-hydrogen) atoms. The third-order valence-corrected chi connectivity index (χ3v) is 5.90. The molecule has 0 radical (unpaired) electrons. The fourth-order valence-electron chi connectivity index (χ4n) is 4.18. The Kier molecular flexibility index (Phi) is 12.6. The molecule has 4 rings (SSSR count). The predicted octanol–water partition coefficient (Wildman–Crippen LogP) is 6.94. The van der Waals surface area contributed by atoms with Gasteiger partial charge >= 0.3 is 22.2 Å². The number of pyridine rings is 2. The molecule has 0 spiro atoms. The van der Waals surface area contributed by atoms with E-state index in [0.717, 1.165) is 49.4 Å². The van der Waals surface area contributed by atoms with E-state index in [4.69, 9.17) is 0 Å². The summed E-state index contributed by atoms with van der Waals surface area (Å²) < 4.78 is 2.32. The smallest absolute Gasteiger partial charge is 0.844 e. The number of para-hydroxylation sites is 1. The molecule has 4 aromatic rings. The van der Waals surface area contributed by atoms with E-state index in [1.165, 1.54) is 4.68 Å². The molecule has 0 unspecified atom stereocenters. The maximum absolute atomic E-state index is 13.2. The zero-order chi connectivity index (χ0) is 30.1. The molecule has 0 aliphatic rings. The number of nitrogens with zero attached hydrogens (tertiary/aromatic N) is 5. The zero-order valence-electron chi connectivity index (χ0n) is 25.4. The Bertz CT molecular complexity index is 1610. The number of rotatable bonds is 6. The molecule has 3 heterocycles. The summed E-state index contributed by atoms with van der Waals surface area (Å²) in [6, 6.07) is 19.8. The maximum atomic E-state index is 13.2. The second-order valence-corrected chi connectivity index (χ2v) is 10.3. The molecule has 0 amide bonds. The molecule has 0 saturated heterocycles. The van der Waals surface area contributed by atoms with Gasteiger partial charge in [-0.15, -0.1) is 16.7 Å². The van der Waals surface area contributed by atoms with Gasteiger partial charge < -0.3 is 5.11 Å². The van der Waals surface area contributed by atoms with Gasteiger partial charge in [-0.1, -0.05) is 77.4 Å². The van der Waals surface area contributed by atoms with E-state index in [1.54, 1.807) is 36.7 Å². The van der Waals surface area contributed by atoms with Crippen LogP contribution in [0.25, 0.3) is 22.8 Å². The Morgan fingerprint density at radius 2 is 1.24 bits per heavy atom. The first-order valence-corrected chi connectivity index (χ1v) is 13.4. The minimum absolute atomic E-state index is 0. The fraction of sp³-hybridized carbons (Fsp3) is 0.235. The summed E-state index contributed by atoms with van der Waals surface area (Å²) in [5, 5.41) is 16.7. The first-order chi connectivity index (χ1) is 19.5. The molecule has 0 aliphatic heterocycles. The van der Waals surface area contributed by atoms with Gasteiger partial charge in [-0.2, -0.15) is 27.0 Å². The Morgan fingerprint density at radius 1 is 0.714 bits per heavy atom. The zero-order valence-corrected chi connectivity index (χ0v) is 26.4. The maximum Gasteiger partial charge on any atom is 2.00 e. The average Bonchev–Trinajstić information content (AvgIpc) is 3.24. The Morgan fingerprint density at radius 3 is 1.64 bits per heavy atom. The summed E-state index contributed by atoms with van der Waals surface area (Å²) in [5.74, 6) is 0. The summed E-state index contributed by atoms with van der Waals surface area (Å²) in [6.45, 7) is 15.8. The number of benzene rings is 1. The van der Waals surface area contributed by atoms with Crippen LogP contribution >= 0.6 is 0 Å². The third-order valence-electron chi connectivity index (χ3n) is 5.90. The number of hydrogen-bond donors (Lipinski definition) is 0. The van der Waals surface area contributed by atoms with Gasteiger partial charge in [-0.05, 0) is 50.2 Å². The monoisotopic (exact) mass is 605 g/mol. The predicted molar refractivity (Wildman–Crippen MR) is 164 cm³/mol. The molecule has 8 heteroatoms. The number of aromatic nitrogens is 5. The van der Waals surface area contributed by atoms with Gasteiger partial charge in [0.25, 0.3) is 0 Å². The second-order valence-electron chi connectivity index (χ2n) is 10.3. The summed E-state index contributed by atoms with van der Waals surface area (Å²) in [6.07, 6.45) is 6.95. The van der Waals surface area contributed by atoms with Crippen molar-refractivity contribution in [3.63, 3.8) is 0 Å². The summed E-state index contributed by atoms with van der Waals surface area (Å²) in [7, 11) is 0. The van der Waals surface area contributed by atoms with Gasteiger partial charge in [0.1, 0.15) is 0 Å². The first kappa shape index (κ1) is 33.9. The van der Waals surface area contributed by atoms with Crippen LogP contribution < -0.4 is 10.8 Å². The van der Waals surface area contributed by atoms with Gasteiger partial charge in [0.15, 0.2) is 0 Å². The Labute approximate surface area is 258 Å². The molecule has 0 atom stereocenters. The molecular formula is C34H37N5NiO2. The van der Waals surface area contributed by atoms with E-state index < -0.39 is 11.7 Å². The minimum Gasteiger partial charge on any atom is -0.844 e. The van der Waals surface area contributed by atoms with Crippen LogP contribution in [-0.2, 0) is 16.5 Å². The SMILES string of the molecule is CC(C)=[C-]C(=C(C)C)C(=C(C)C)C(=C(C)C)n1nc([O-])n(-c2ccccc2)c1=O.[Ni+2].c1ccc(-c2ccccn2)nc1. The third kappa shape index (κ3) is 8.37.